The van der Waals surface area contributed by atoms with Crippen LogP contribution in [0.4, 0.5) is 5.13 Å². The molecule has 1 N–H and O–H groups in total. The number of carbonyl (C=O) groups is 1. The van der Waals surface area contributed by atoms with Crippen LogP contribution in [0.25, 0.3) is 21.1 Å². The van der Waals surface area contributed by atoms with E-state index < -0.39 is 5.91 Å². The Hall–Kier alpha value is -3.33. The van der Waals surface area contributed by atoms with E-state index in [1.807, 2.05) is 12.1 Å². The summed E-state index contributed by atoms with van der Waals surface area (Å²) in [6.45, 7) is -0.240. The minimum Gasteiger partial charge on any atom is -0.497 e. The summed E-state index contributed by atoms with van der Waals surface area (Å²) in [6.07, 6.45) is 0. The van der Waals surface area contributed by atoms with Crippen molar-refractivity contribution in [1.82, 2.24) is 20.0 Å². The summed E-state index contributed by atoms with van der Waals surface area (Å²) in [5.41, 5.74) is 0.892. The van der Waals surface area contributed by atoms with E-state index in [-0.39, 0.29) is 12.1 Å². The number of rotatable bonds is 4. The van der Waals surface area contributed by atoms with Gasteiger partial charge in [-0.05, 0) is 30.3 Å². The van der Waals surface area contributed by atoms with E-state index in [1.54, 1.807) is 37.4 Å². The van der Waals surface area contributed by atoms with Gasteiger partial charge in [-0.25, -0.2) is 9.67 Å². The van der Waals surface area contributed by atoms with Gasteiger partial charge in [0.25, 0.3) is 5.56 Å². The molecule has 130 valence electrons. The van der Waals surface area contributed by atoms with Crippen molar-refractivity contribution in [2.45, 2.75) is 6.54 Å². The van der Waals surface area contributed by atoms with E-state index >= 15 is 0 Å². The Kier molecular flexibility index (Phi) is 4.05. The maximum atomic E-state index is 12.4. The number of benzene rings is 2. The van der Waals surface area contributed by atoms with Crippen molar-refractivity contribution < 1.29 is 9.53 Å². The number of amides is 1. The average Bonchev–Trinajstić information content (AvgIpc) is 3.05. The standard InChI is InChI=1S/C17H13N5O3S/c1-25-10-6-7-13-14(8-10)26-17(18-13)19-15(23)9-22-16(24)11-4-2-3-5-12(11)20-21-22/h2-8H,9H2,1H3,(H,18,19,23). The molecule has 8 nitrogen and oxygen atoms in total. The Labute approximate surface area is 151 Å². The van der Waals surface area contributed by atoms with Crippen LogP contribution in [0.2, 0.25) is 0 Å². The van der Waals surface area contributed by atoms with Crippen molar-refractivity contribution in [2.75, 3.05) is 12.4 Å². The van der Waals surface area contributed by atoms with Crippen molar-refractivity contribution in [2.24, 2.45) is 0 Å². The number of thiazole rings is 1. The predicted octanol–water partition coefficient (Wildman–Crippen LogP) is 2.05. The Morgan fingerprint density at radius 1 is 1.23 bits per heavy atom. The summed E-state index contributed by atoms with van der Waals surface area (Å²) < 4.78 is 7.10. The van der Waals surface area contributed by atoms with Crippen molar-refractivity contribution in [1.29, 1.82) is 0 Å². The number of hydrogen-bond donors (Lipinski definition) is 1. The Morgan fingerprint density at radius 3 is 2.92 bits per heavy atom. The highest BCUT2D eigenvalue weighted by molar-refractivity contribution is 7.22. The second-order valence-electron chi connectivity index (χ2n) is 5.47. The zero-order valence-electron chi connectivity index (χ0n) is 13.7. The number of carbonyl (C=O) groups excluding carboxylic acids is 1. The topological polar surface area (TPSA) is 99.0 Å². The van der Waals surface area contributed by atoms with Gasteiger partial charge >= 0.3 is 0 Å². The summed E-state index contributed by atoms with van der Waals surface area (Å²) in [7, 11) is 1.59. The molecule has 0 bridgehead atoms. The van der Waals surface area contributed by atoms with Crippen LogP contribution in [0.5, 0.6) is 5.75 Å². The van der Waals surface area contributed by atoms with Gasteiger partial charge < -0.3 is 10.1 Å². The van der Waals surface area contributed by atoms with Crippen LogP contribution < -0.4 is 15.6 Å². The molecule has 2 aromatic heterocycles. The molecule has 0 radical (unpaired) electrons. The third kappa shape index (κ3) is 3.00. The van der Waals surface area contributed by atoms with Gasteiger partial charge in [0.2, 0.25) is 5.91 Å². The number of anilines is 1. The van der Waals surface area contributed by atoms with Crippen LogP contribution >= 0.6 is 11.3 Å². The quantitative estimate of drug-likeness (QED) is 0.593. The number of methoxy groups -OCH3 is 1. The number of aromatic nitrogens is 4. The highest BCUT2D eigenvalue weighted by Crippen LogP contribution is 2.29. The SMILES string of the molecule is COc1ccc2nc(NC(=O)Cn3nnc4ccccc4c3=O)sc2c1. The van der Waals surface area contributed by atoms with Crippen LogP contribution in [-0.4, -0.2) is 33.0 Å². The second kappa shape index (κ2) is 6.52. The zero-order chi connectivity index (χ0) is 18.1. The van der Waals surface area contributed by atoms with Gasteiger partial charge in [0, 0.05) is 0 Å². The van der Waals surface area contributed by atoms with Crippen molar-refractivity contribution >= 4 is 43.5 Å². The van der Waals surface area contributed by atoms with Crippen LogP contribution in [0.15, 0.2) is 47.3 Å². The minimum absolute atomic E-state index is 0.240. The summed E-state index contributed by atoms with van der Waals surface area (Å²) in [6, 6.07) is 12.3. The van der Waals surface area contributed by atoms with Crippen LogP contribution in [0.1, 0.15) is 0 Å². The van der Waals surface area contributed by atoms with Crippen LogP contribution in [0.3, 0.4) is 0 Å². The molecule has 0 saturated heterocycles. The first-order valence-corrected chi connectivity index (χ1v) is 8.52. The first kappa shape index (κ1) is 16.2. The smallest absolute Gasteiger partial charge is 0.278 e. The predicted molar refractivity (Wildman–Crippen MR) is 98.6 cm³/mol. The number of nitrogens with one attached hydrogen (secondary N) is 1. The van der Waals surface area contributed by atoms with E-state index in [4.69, 9.17) is 4.74 Å². The molecule has 2 heterocycles. The molecule has 2 aromatic carbocycles. The summed E-state index contributed by atoms with van der Waals surface area (Å²) >= 11 is 1.33. The number of fused-ring (bicyclic) bond motifs is 2. The van der Waals surface area contributed by atoms with E-state index in [1.165, 1.54) is 11.3 Å². The van der Waals surface area contributed by atoms with Gasteiger partial charge in [0.1, 0.15) is 17.8 Å². The first-order chi connectivity index (χ1) is 12.6. The number of hydrogen-bond acceptors (Lipinski definition) is 7. The second-order valence-corrected chi connectivity index (χ2v) is 6.50. The van der Waals surface area contributed by atoms with Gasteiger partial charge in [-0.1, -0.05) is 28.7 Å². The zero-order valence-corrected chi connectivity index (χ0v) is 14.5. The highest BCUT2D eigenvalue weighted by Gasteiger charge is 2.12. The van der Waals surface area contributed by atoms with Gasteiger partial charge in [-0.3, -0.25) is 9.59 Å². The monoisotopic (exact) mass is 367 g/mol. The van der Waals surface area contributed by atoms with Crippen LogP contribution in [0, 0.1) is 0 Å². The Balaban J connectivity index is 1.56. The molecule has 9 heteroatoms. The van der Waals surface area contributed by atoms with Gasteiger partial charge in [-0.2, -0.15) is 0 Å². The molecule has 0 aliphatic rings. The first-order valence-electron chi connectivity index (χ1n) is 7.71. The van der Waals surface area contributed by atoms with E-state index in [9.17, 15) is 9.59 Å². The van der Waals surface area contributed by atoms with E-state index in [2.05, 4.69) is 20.6 Å². The molecular weight excluding hydrogens is 354 g/mol. The summed E-state index contributed by atoms with van der Waals surface area (Å²) in [5, 5.41) is 11.3. The molecule has 26 heavy (non-hydrogen) atoms. The van der Waals surface area contributed by atoms with E-state index in [0.29, 0.717) is 16.0 Å². The fraction of sp³-hybridized carbons (Fsp3) is 0.118. The fourth-order valence-electron chi connectivity index (χ4n) is 2.51. The van der Waals surface area contributed by atoms with Gasteiger partial charge in [-0.15, -0.1) is 5.10 Å². The van der Waals surface area contributed by atoms with E-state index in [0.717, 1.165) is 20.6 Å². The third-order valence-electron chi connectivity index (χ3n) is 3.76. The highest BCUT2D eigenvalue weighted by atomic mass is 32.1. The largest absolute Gasteiger partial charge is 0.497 e. The molecule has 0 aliphatic heterocycles. The molecule has 0 atom stereocenters. The summed E-state index contributed by atoms with van der Waals surface area (Å²) in [4.78, 5) is 29.0. The maximum absolute atomic E-state index is 12.4. The van der Waals surface area contributed by atoms with Crippen LogP contribution in [-0.2, 0) is 11.3 Å². The molecular formula is C17H13N5O3S. The molecule has 0 unspecified atom stereocenters. The lowest BCUT2D eigenvalue weighted by atomic mass is 10.2. The summed E-state index contributed by atoms with van der Waals surface area (Å²) in [5.74, 6) is 0.319. The molecule has 0 spiro atoms. The van der Waals surface area contributed by atoms with Gasteiger partial charge in [0.05, 0.1) is 22.7 Å². The molecule has 0 saturated carbocycles. The Morgan fingerprint density at radius 2 is 2.08 bits per heavy atom. The fourth-order valence-corrected chi connectivity index (χ4v) is 3.42. The number of ether oxygens (including phenoxy) is 1. The third-order valence-corrected chi connectivity index (χ3v) is 4.70. The lowest BCUT2D eigenvalue weighted by Gasteiger charge is -2.04. The molecule has 4 rings (SSSR count). The maximum Gasteiger partial charge on any atom is 0.278 e. The molecule has 0 aliphatic carbocycles. The van der Waals surface area contributed by atoms with Crippen molar-refractivity contribution in [3.8, 4) is 5.75 Å². The minimum atomic E-state index is -0.400. The lowest BCUT2D eigenvalue weighted by molar-refractivity contribution is -0.117. The lowest BCUT2D eigenvalue weighted by Crippen LogP contribution is -2.30. The molecule has 0 fully saturated rings. The van der Waals surface area contributed by atoms with Crippen molar-refractivity contribution in [3.63, 3.8) is 0 Å². The molecule has 4 aromatic rings. The Bertz CT molecular complexity index is 1180. The molecule has 1 amide bonds. The number of nitrogens with zero attached hydrogens (tertiary/aromatic N) is 4. The average molecular weight is 367 g/mol. The van der Waals surface area contributed by atoms with Gasteiger partial charge in [0.15, 0.2) is 5.13 Å². The normalized spacial score (nSPS) is 11.0. The van der Waals surface area contributed by atoms with Crippen molar-refractivity contribution in [3.05, 3.63) is 52.8 Å².